The highest BCUT2D eigenvalue weighted by Crippen LogP contribution is 2.27. The van der Waals surface area contributed by atoms with E-state index in [1.54, 1.807) is 24.3 Å². The number of anilines is 2. The van der Waals surface area contributed by atoms with Crippen molar-refractivity contribution in [3.8, 4) is 0 Å². The molecule has 1 atom stereocenters. The van der Waals surface area contributed by atoms with E-state index in [0.29, 0.717) is 17.9 Å². The number of fused-ring (bicyclic) bond motifs is 1. The van der Waals surface area contributed by atoms with Crippen LogP contribution in [-0.4, -0.2) is 33.9 Å². The third-order valence-electron chi connectivity index (χ3n) is 3.13. The largest absolute Gasteiger partial charge is 0.356 e. The maximum absolute atomic E-state index is 12.3. The summed E-state index contributed by atoms with van der Waals surface area (Å²) in [6.45, 7) is 0. The topological polar surface area (TPSA) is 71.0 Å². The SMILES string of the molecule is CN1C(=O)C(Cc2ccccn2)Nc2ncncc21. The van der Waals surface area contributed by atoms with Gasteiger partial charge >= 0.3 is 0 Å². The predicted molar refractivity (Wildman–Crippen MR) is 70.8 cm³/mol. The van der Waals surface area contributed by atoms with E-state index in [9.17, 15) is 4.79 Å². The number of nitrogens with zero attached hydrogens (tertiary/aromatic N) is 4. The fourth-order valence-corrected chi connectivity index (χ4v) is 2.12. The summed E-state index contributed by atoms with van der Waals surface area (Å²) < 4.78 is 0. The van der Waals surface area contributed by atoms with Crippen molar-refractivity contribution in [3.63, 3.8) is 0 Å². The molecule has 0 fully saturated rings. The number of pyridine rings is 1. The van der Waals surface area contributed by atoms with Crippen LogP contribution < -0.4 is 10.2 Å². The van der Waals surface area contributed by atoms with E-state index in [1.807, 2.05) is 18.2 Å². The Hall–Kier alpha value is -2.50. The lowest BCUT2D eigenvalue weighted by Crippen LogP contribution is -2.46. The Morgan fingerprint density at radius 1 is 1.37 bits per heavy atom. The van der Waals surface area contributed by atoms with Gasteiger partial charge in [0.2, 0.25) is 5.91 Å². The van der Waals surface area contributed by atoms with Gasteiger partial charge in [0.1, 0.15) is 18.1 Å². The maximum atomic E-state index is 12.3. The number of rotatable bonds is 2. The van der Waals surface area contributed by atoms with E-state index in [4.69, 9.17) is 0 Å². The molecule has 19 heavy (non-hydrogen) atoms. The molecule has 0 spiro atoms. The fraction of sp³-hybridized carbons (Fsp3) is 0.231. The van der Waals surface area contributed by atoms with Crippen LogP contribution >= 0.6 is 0 Å². The first-order valence-electron chi connectivity index (χ1n) is 6.00. The summed E-state index contributed by atoms with van der Waals surface area (Å²) in [6, 6.07) is 5.33. The smallest absolute Gasteiger partial charge is 0.249 e. The van der Waals surface area contributed by atoms with Gasteiger partial charge in [-0.2, -0.15) is 0 Å². The first kappa shape index (κ1) is 11.6. The highest BCUT2D eigenvalue weighted by molar-refractivity contribution is 6.03. The summed E-state index contributed by atoms with van der Waals surface area (Å²) >= 11 is 0. The number of nitrogens with one attached hydrogen (secondary N) is 1. The summed E-state index contributed by atoms with van der Waals surface area (Å²) in [5.74, 6) is 0.672. The highest BCUT2D eigenvalue weighted by atomic mass is 16.2. The second kappa shape index (κ2) is 4.64. The van der Waals surface area contributed by atoms with Crippen molar-refractivity contribution < 1.29 is 4.79 Å². The van der Waals surface area contributed by atoms with Gasteiger partial charge in [-0.3, -0.25) is 9.78 Å². The lowest BCUT2D eigenvalue weighted by Gasteiger charge is -2.31. The lowest BCUT2D eigenvalue weighted by molar-refractivity contribution is -0.119. The van der Waals surface area contributed by atoms with Gasteiger partial charge in [-0.25, -0.2) is 9.97 Å². The molecule has 0 aromatic carbocycles. The Labute approximate surface area is 110 Å². The molecule has 1 amide bonds. The summed E-state index contributed by atoms with van der Waals surface area (Å²) in [7, 11) is 1.73. The van der Waals surface area contributed by atoms with Gasteiger partial charge in [0.15, 0.2) is 5.82 Å². The van der Waals surface area contributed by atoms with Gasteiger partial charge in [-0.05, 0) is 12.1 Å². The Bertz CT molecular complexity index is 601. The third kappa shape index (κ3) is 2.12. The van der Waals surface area contributed by atoms with Crippen molar-refractivity contribution in [3.05, 3.63) is 42.6 Å². The minimum Gasteiger partial charge on any atom is -0.356 e. The Morgan fingerprint density at radius 3 is 3.05 bits per heavy atom. The molecule has 0 saturated heterocycles. The summed E-state index contributed by atoms with van der Waals surface area (Å²) in [5, 5.41) is 3.14. The van der Waals surface area contributed by atoms with Crippen molar-refractivity contribution in [2.45, 2.75) is 12.5 Å². The normalized spacial score (nSPS) is 17.8. The van der Waals surface area contributed by atoms with Crippen LogP contribution in [0.3, 0.4) is 0 Å². The highest BCUT2D eigenvalue weighted by Gasteiger charge is 2.31. The average molecular weight is 255 g/mol. The van der Waals surface area contributed by atoms with Crippen LogP contribution in [0.4, 0.5) is 11.5 Å². The number of carbonyl (C=O) groups is 1. The van der Waals surface area contributed by atoms with E-state index in [2.05, 4.69) is 20.3 Å². The molecule has 1 N–H and O–H groups in total. The van der Waals surface area contributed by atoms with E-state index in [1.165, 1.54) is 6.33 Å². The zero-order chi connectivity index (χ0) is 13.2. The summed E-state index contributed by atoms with van der Waals surface area (Å²) in [4.78, 5) is 26.2. The molecule has 1 aliphatic rings. The van der Waals surface area contributed by atoms with E-state index >= 15 is 0 Å². The second-order valence-electron chi connectivity index (χ2n) is 4.38. The Morgan fingerprint density at radius 2 is 2.26 bits per heavy atom. The number of hydrogen-bond donors (Lipinski definition) is 1. The van der Waals surface area contributed by atoms with E-state index in [-0.39, 0.29) is 11.9 Å². The average Bonchev–Trinajstić information content (AvgIpc) is 2.46. The molecule has 0 radical (unpaired) electrons. The summed E-state index contributed by atoms with van der Waals surface area (Å²) in [6.07, 6.45) is 5.35. The van der Waals surface area contributed by atoms with Crippen molar-refractivity contribution >= 4 is 17.4 Å². The molecule has 1 aliphatic heterocycles. The minimum absolute atomic E-state index is 0.00652. The second-order valence-corrected chi connectivity index (χ2v) is 4.38. The van der Waals surface area contributed by atoms with Crippen molar-refractivity contribution in [2.75, 3.05) is 17.3 Å². The van der Waals surface area contributed by atoms with Gasteiger partial charge in [0, 0.05) is 25.4 Å². The molecule has 1 unspecified atom stereocenters. The molecule has 0 aliphatic carbocycles. The first-order valence-corrected chi connectivity index (χ1v) is 6.00. The molecule has 0 saturated carbocycles. The molecule has 6 nitrogen and oxygen atoms in total. The molecule has 3 rings (SSSR count). The quantitative estimate of drug-likeness (QED) is 0.862. The number of carbonyl (C=O) groups excluding carboxylic acids is 1. The molecule has 96 valence electrons. The zero-order valence-electron chi connectivity index (χ0n) is 10.4. The van der Waals surface area contributed by atoms with Crippen molar-refractivity contribution in [1.82, 2.24) is 15.0 Å². The van der Waals surface area contributed by atoms with Crippen LogP contribution in [0.2, 0.25) is 0 Å². The monoisotopic (exact) mass is 255 g/mol. The molecule has 0 bridgehead atoms. The van der Waals surface area contributed by atoms with Gasteiger partial charge in [0.25, 0.3) is 0 Å². The lowest BCUT2D eigenvalue weighted by atomic mass is 10.1. The van der Waals surface area contributed by atoms with Crippen molar-refractivity contribution in [2.24, 2.45) is 0 Å². The molecule has 2 aromatic heterocycles. The van der Waals surface area contributed by atoms with Gasteiger partial charge < -0.3 is 10.2 Å². The Balaban J connectivity index is 1.87. The number of aromatic nitrogens is 3. The van der Waals surface area contributed by atoms with Crippen LogP contribution in [-0.2, 0) is 11.2 Å². The number of likely N-dealkylation sites (N-methyl/N-ethyl adjacent to an activating group) is 1. The minimum atomic E-state index is -0.345. The number of amides is 1. The van der Waals surface area contributed by atoms with Crippen LogP contribution in [0.15, 0.2) is 36.9 Å². The Kier molecular flexibility index (Phi) is 2.83. The van der Waals surface area contributed by atoms with Gasteiger partial charge in [0.05, 0.1) is 6.20 Å². The van der Waals surface area contributed by atoms with Gasteiger partial charge in [-0.15, -0.1) is 0 Å². The molecular formula is C13H13N5O. The van der Waals surface area contributed by atoms with Crippen LogP contribution in [0.1, 0.15) is 5.69 Å². The first-order chi connectivity index (χ1) is 9.25. The zero-order valence-corrected chi connectivity index (χ0v) is 10.4. The molecule has 3 heterocycles. The molecular weight excluding hydrogens is 242 g/mol. The van der Waals surface area contributed by atoms with Crippen LogP contribution in [0.5, 0.6) is 0 Å². The van der Waals surface area contributed by atoms with Crippen LogP contribution in [0.25, 0.3) is 0 Å². The van der Waals surface area contributed by atoms with Gasteiger partial charge in [-0.1, -0.05) is 6.07 Å². The molecule has 6 heteroatoms. The third-order valence-corrected chi connectivity index (χ3v) is 3.13. The standard InChI is InChI=1S/C13H13N5O/c1-18-11-7-14-8-16-12(11)17-10(13(18)19)6-9-4-2-3-5-15-9/h2-5,7-8,10H,6H2,1H3,(H,14,16,17). The van der Waals surface area contributed by atoms with Crippen molar-refractivity contribution in [1.29, 1.82) is 0 Å². The predicted octanol–water partition coefficient (Wildman–Crippen LogP) is 0.871. The fourth-order valence-electron chi connectivity index (χ4n) is 2.12. The summed E-state index contributed by atoms with van der Waals surface area (Å²) in [5.41, 5.74) is 1.57. The van der Waals surface area contributed by atoms with Crippen LogP contribution in [0, 0.1) is 0 Å². The maximum Gasteiger partial charge on any atom is 0.249 e. The van der Waals surface area contributed by atoms with E-state index in [0.717, 1.165) is 5.69 Å². The van der Waals surface area contributed by atoms with E-state index < -0.39 is 0 Å². The number of hydrogen-bond acceptors (Lipinski definition) is 5. The molecule has 2 aromatic rings.